The summed E-state index contributed by atoms with van der Waals surface area (Å²) in [4.78, 5) is 19.3. The van der Waals surface area contributed by atoms with Gasteiger partial charge in [0.25, 0.3) is 5.56 Å². The highest BCUT2D eigenvalue weighted by molar-refractivity contribution is 5.60. The quantitative estimate of drug-likeness (QED) is 0.918. The summed E-state index contributed by atoms with van der Waals surface area (Å²) >= 11 is 0. The molecule has 0 atom stereocenters. The Kier molecular flexibility index (Phi) is 3.83. The summed E-state index contributed by atoms with van der Waals surface area (Å²) in [5.74, 6) is 0.909. The second-order valence-electron chi connectivity index (χ2n) is 5.07. The Hall–Kier alpha value is -1.91. The van der Waals surface area contributed by atoms with E-state index in [-0.39, 0.29) is 11.5 Å². The van der Waals surface area contributed by atoms with Crippen LogP contribution >= 0.6 is 0 Å². The van der Waals surface area contributed by atoms with E-state index in [9.17, 15) is 4.79 Å². The van der Waals surface area contributed by atoms with E-state index in [2.05, 4.69) is 22.0 Å². The Morgan fingerprint density at radius 2 is 2.16 bits per heavy atom. The molecule has 0 fully saturated rings. The normalized spacial score (nSPS) is 11.2. The first-order valence-corrected chi connectivity index (χ1v) is 6.66. The van der Waals surface area contributed by atoms with E-state index < -0.39 is 0 Å². The van der Waals surface area contributed by atoms with Crippen molar-refractivity contribution in [3.63, 3.8) is 0 Å². The predicted octanol–water partition coefficient (Wildman–Crippen LogP) is 2.48. The molecule has 2 aromatic heterocycles. The average Bonchev–Trinajstić information content (AvgIpc) is 2.81. The molecule has 0 radical (unpaired) electrons. The van der Waals surface area contributed by atoms with Crippen LogP contribution in [-0.2, 0) is 6.54 Å². The number of aryl methyl sites for hydroxylation is 1. The zero-order valence-corrected chi connectivity index (χ0v) is 11.9. The molecule has 102 valence electrons. The summed E-state index contributed by atoms with van der Waals surface area (Å²) < 4.78 is 1.88. The van der Waals surface area contributed by atoms with Crippen molar-refractivity contribution >= 4 is 0 Å². The molecule has 0 unspecified atom stereocenters. The molecule has 19 heavy (non-hydrogen) atoms. The van der Waals surface area contributed by atoms with E-state index in [0.717, 1.165) is 24.2 Å². The molecule has 5 nitrogen and oxygen atoms in total. The van der Waals surface area contributed by atoms with Crippen molar-refractivity contribution in [2.45, 2.75) is 46.6 Å². The highest BCUT2D eigenvalue weighted by atomic mass is 16.1. The molecule has 0 aromatic carbocycles. The van der Waals surface area contributed by atoms with Crippen LogP contribution in [0.3, 0.4) is 0 Å². The molecule has 2 rings (SSSR count). The van der Waals surface area contributed by atoms with Crippen molar-refractivity contribution in [2.75, 3.05) is 0 Å². The lowest BCUT2D eigenvalue weighted by Crippen LogP contribution is -2.16. The Labute approximate surface area is 112 Å². The molecule has 0 amide bonds. The summed E-state index contributed by atoms with van der Waals surface area (Å²) in [5.41, 5.74) is 2.20. The zero-order valence-electron chi connectivity index (χ0n) is 11.9. The van der Waals surface area contributed by atoms with Crippen molar-refractivity contribution in [1.29, 1.82) is 0 Å². The van der Waals surface area contributed by atoms with Gasteiger partial charge >= 0.3 is 0 Å². The van der Waals surface area contributed by atoms with Gasteiger partial charge in [0.2, 0.25) is 0 Å². The lowest BCUT2D eigenvalue weighted by atomic mass is 10.1. The predicted molar refractivity (Wildman–Crippen MR) is 75.2 cm³/mol. The smallest absolute Gasteiger partial charge is 0.254 e. The number of H-pyrrole nitrogens is 1. The van der Waals surface area contributed by atoms with Crippen LogP contribution in [0.4, 0.5) is 0 Å². The molecule has 5 heteroatoms. The molecule has 0 bridgehead atoms. The van der Waals surface area contributed by atoms with E-state index in [4.69, 9.17) is 0 Å². The van der Waals surface area contributed by atoms with Gasteiger partial charge in [0, 0.05) is 29.8 Å². The van der Waals surface area contributed by atoms with Gasteiger partial charge < -0.3 is 4.98 Å². The molecule has 1 N–H and O–H groups in total. The first kappa shape index (κ1) is 13.5. The SMILES string of the molecule is CCCn1cc(-c2nc(C(C)C)[nH]c(=O)c2C)cn1. The van der Waals surface area contributed by atoms with Crippen molar-refractivity contribution in [3.8, 4) is 11.3 Å². The standard InChI is InChI=1S/C14H20N4O/c1-5-6-18-8-11(7-15-18)12-10(4)14(19)17-13(16-12)9(2)3/h7-9H,5-6H2,1-4H3,(H,16,17,19). The monoisotopic (exact) mass is 260 g/mol. The zero-order chi connectivity index (χ0) is 14.0. The minimum atomic E-state index is -0.0723. The third-order valence-corrected chi connectivity index (χ3v) is 3.08. The maximum Gasteiger partial charge on any atom is 0.254 e. The van der Waals surface area contributed by atoms with E-state index in [1.54, 1.807) is 13.1 Å². The van der Waals surface area contributed by atoms with E-state index in [1.807, 2.05) is 24.7 Å². The number of nitrogens with one attached hydrogen (secondary N) is 1. The maximum atomic E-state index is 11.9. The van der Waals surface area contributed by atoms with Crippen molar-refractivity contribution in [1.82, 2.24) is 19.7 Å². The van der Waals surface area contributed by atoms with Gasteiger partial charge in [0.15, 0.2) is 0 Å². The number of hydrogen-bond donors (Lipinski definition) is 1. The summed E-state index contributed by atoms with van der Waals surface area (Å²) in [6, 6.07) is 0. The van der Waals surface area contributed by atoms with Crippen LogP contribution in [0.1, 0.15) is 44.5 Å². The summed E-state index contributed by atoms with van der Waals surface area (Å²) in [6.07, 6.45) is 4.75. The fraction of sp³-hybridized carbons (Fsp3) is 0.500. The third-order valence-electron chi connectivity index (χ3n) is 3.08. The second kappa shape index (κ2) is 5.38. The molecule has 0 saturated carbocycles. The number of hydrogen-bond acceptors (Lipinski definition) is 3. The van der Waals surface area contributed by atoms with Crippen LogP contribution < -0.4 is 5.56 Å². The van der Waals surface area contributed by atoms with E-state index >= 15 is 0 Å². The van der Waals surface area contributed by atoms with Crippen LogP contribution in [-0.4, -0.2) is 19.7 Å². The van der Waals surface area contributed by atoms with Gasteiger partial charge in [-0.3, -0.25) is 9.48 Å². The molecular formula is C14H20N4O. The highest BCUT2D eigenvalue weighted by Gasteiger charge is 2.13. The molecular weight excluding hydrogens is 240 g/mol. The second-order valence-corrected chi connectivity index (χ2v) is 5.07. The summed E-state index contributed by atoms with van der Waals surface area (Å²) in [6.45, 7) is 8.80. The van der Waals surface area contributed by atoms with Gasteiger partial charge in [0.1, 0.15) is 5.82 Å². The van der Waals surface area contributed by atoms with Gasteiger partial charge in [-0.25, -0.2) is 4.98 Å². The van der Waals surface area contributed by atoms with E-state index in [1.165, 1.54) is 0 Å². The Balaban J connectivity index is 2.50. The van der Waals surface area contributed by atoms with Crippen molar-refractivity contribution in [2.24, 2.45) is 0 Å². The fourth-order valence-electron chi connectivity index (χ4n) is 1.94. The van der Waals surface area contributed by atoms with E-state index in [0.29, 0.717) is 11.4 Å². The van der Waals surface area contributed by atoms with Gasteiger partial charge in [0.05, 0.1) is 11.9 Å². The van der Waals surface area contributed by atoms with Gasteiger partial charge in [-0.15, -0.1) is 0 Å². The molecule has 0 spiro atoms. The average molecular weight is 260 g/mol. The van der Waals surface area contributed by atoms with Crippen LogP contribution in [0.5, 0.6) is 0 Å². The Morgan fingerprint density at radius 3 is 2.79 bits per heavy atom. The number of aromatic nitrogens is 4. The van der Waals surface area contributed by atoms with Gasteiger partial charge in [-0.1, -0.05) is 20.8 Å². The number of aromatic amines is 1. The lowest BCUT2D eigenvalue weighted by Gasteiger charge is -2.08. The molecule has 0 aliphatic carbocycles. The third kappa shape index (κ3) is 2.75. The minimum Gasteiger partial charge on any atom is -0.310 e. The first-order valence-electron chi connectivity index (χ1n) is 6.66. The largest absolute Gasteiger partial charge is 0.310 e. The van der Waals surface area contributed by atoms with Crippen molar-refractivity contribution in [3.05, 3.63) is 34.1 Å². The number of nitrogens with zero attached hydrogens (tertiary/aromatic N) is 3. The fourth-order valence-corrected chi connectivity index (χ4v) is 1.94. The lowest BCUT2D eigenvalue weighted by molar-refractivity contribution is 0.603. The van der Waals surface area contributed by atoms with Gasteiger partial charge in [-0.05, 0) is 13.3 Å². The Morgan fingerprint density at radius 1 is 1.42 bits per heavy atom. The first-order chi connectivity index (χ1) is 9.02. The van der Waals surface area contributed by atoms with Crippen LogP contribution in [0.15, 0.2) is 17.2 Å². The van der Waals surface area contributed by atoms with Gasteiger partial charge in [-0.2, -0.15) is 5.10 Å². The topological polar surface area (TPSA) is 63.6 Å². The number of rotatable bonds is 4. The molecule has 0 aliphatic heterocycles. The minimum absolute atomic E-state index is 0.0723. The highest BCUT2D eigenvalue weighted by Crippen LogP contribution is 2.20. The van der Waals surface area contributed by atoms with Crippen molar-refractivity contribution < 1.29 is 0 Å². The van der Waals surface area contributed by atoms with Crippen LogP contribution in [0, 0.1) is 6.92 Å². The molecule has 0 saturated heterocycles. The van der Waals surface area contributed by atoms with Crippen LogP contribution in [0.2, 0.25) is 0 Å². The molecule has 2 aromatic rings. The molecule has 2 heterocycles. The van der Waals surface area contributed by atoms with Crippen LogP contribution in [0.25, 0.3) is 11.3 Å². The Bertz CT molecular complexity index is 625. The molecule has 0 aliphatic rings. The summed E-state index contributed by atoms with van der Waals surface area (Å²) in [7, 11) is 0. The summed E-state index contributed by atoms with van der Waals surface area (Å²) in [5, 5.41) is 4.29. The maximum absolute atomic E-state index is 11.9.